The molecule has 0 saturated heterocycles. The van der Waals surface area contributed by atoms with E-state index in [0.717, 1.165) is 16.8 Å². The molecule has 0 aliphatic heterocycles. The van der Waals surface area contributed by atoms with Crippen LogP contribution in [0.25, 0.3) is 11.3 Å². The van der Waals surface area contributed by atoms with Crippen molar-refractivity contribution >= 4 is 0 Å². The minimum atomic E-state index is -0.0331. The molecule has 3 aromatic rings. The zero-order valence-electron chi connectivity index (χ0n) is 11.1. The molecule has 2 aromatic heterocycles. The first-order chi connectivity index (χ1) is 9.72. The number of pyridine rings is 1. The van der Waals surface area contributed by atoms with Crippen molar-refractivity contribution in [2.45, 2.75) is 13.5 Å². The number of hydrogen-bond donors (Lipinski definition) is 0. The highest BCUT2D eigenvalue weighted by Crippen LogP contribution is 2.19. The van der Waals surface area contributed by atoms with Gasteiger partial charge in [-0.25, -0.2) is 0 Å². The fourth-order valence-corrected chi connectivity index (χ4v) is 2.04. The Morgan fingerprint density at radius 2 is 1.95 bits per heavy atom. The van der Waals surface area contributed by atoms with E-state index in [1.54, 1.807) is 16.8 Å². The van der Waals surface area contributed by atoms with Crippen LogP contribution in [0.2, 0.25) is 0 Å². The first kappa shape index (κ1) is 12.4. The maximum atomic E-state index is 11.8. The molecule has 0 amide bonds. The van der Waals surface area contributed by atoms with Crippen molar-refractivity contribution < 1.29 is 4.52 Å². The average Bonchev–Trinajstić information content (AvgIpc) is 2.92. The molecule has 2 heterocycles. The van der Waals surface area contributed by atoms with Gasteiger partial charge in [0.2, 0.25) is 0 Å². The lowest BCUT2D eigenvalue weighted by molar-refractivity contribution is 0.421. The van der Waals surface area contributed by atoms with Gasteiger partial charge in [0.1, 0.15) is 5.69 Å². The lowest BCUT2D eigenvalue weighted by Crippen LogP contribution is -2.19. The van der Waals surface area contributed by atoms with Crippen LogP contribution in [0.3, 0.4) is 0 Å². The smallest absolute Gasteiger partial charge is 0.251 e. The number of nitrogens with zero attached hydrogens (tertiary/aromatic N) is 2. The Balaban J connectivity index is 1.86. The van der Waals surface area contributed by atoms with Crippen molar-refractivity contribution in [3.63, 3.8) is 0 Å². The van der Waals surface area contributed by atoms with Gasteiger partial charge in [-0.3, -0.25) is 4.79 Å². The molecule has 100 valence electrons. The summed E-state index contributed by atoms with van der Waals surface area (Å²) in [7, 11) is 0. The Kier molecular flexibility index (Phi) is 3.21. The number of rotatable bonds is 3. The Morgan fingerprint density at radius 3 is 2.70 bits per heavy atom. The maximum absolute atomic E-state index is 11.8. The highest BCUT2D eigenvalue weighted by Gasteiger charge is 2.07. The number of hydrogen-bond acceptors (Lipinski definition) is 3. The zero-order chi connectivity index (χ0) is 13.9. The number of benzene rings is 1. The second-order valence-corrected chi connectivity index (χ2v) is 4.72. The minimum Gasteiger partial charge on any atom is -0.356 e. The Hall–Kier alpha value is -2.62. The molecule has 0 N–H and O–H groups in total. The minimum absolute atomic E-state index is 0.0331. The molecule has 0 bridgehead atoms. The van der Waals surface area contributed by atoms with E-state index >= 15 is 0 Å². The van der Waals surface area contributed by atoms with E-state index in [-0.39, 0.29) is 5.56 Å². The summed E-state index contributed by atoms with van der Waals surface area (Å²) in [6.07, 6.45) is 1.77. The summed E-state index contributed by atoms with van der Waals surface area (Å²) >= 11 is 0. The summed E-state index contributed by atoms with van der Waals surface area (Å²) < 4.78 is 6.93. The predicted octanol–water partition coefficient (Wildman–Crippen LogP) is 2.86. The summed E-state index contributed by atoms with van der Waals surface area (Å²) in [4.78, 5) is 11.8. The van der Waals surface area contributed by atoms with Gasteiger partial charge in [-0.1, -0.05) is 35.5 Å². The fourth-order valence-electron chi connectivity index (χ4n) is 2.04. The fraction of sp³-hybridized carbons (Fsp3) is 0.125. The summed E-state index contributed by atoms with van der Waals surface area (Å²) in [5.74, 6) is 0.709. The SMILES string of the molecule is Cc1ccn(Cc2cc(-c3ccccc3)on2)c(=O)c1. The molecule has 0 saturated carbocycles. The first-order valence-electron chi connectivity index (χ1n) is 6.40. The molecular weight excluding hydrogens is 252 g/mol. The predicted molar refractivity (Wildman–Crippen MR) is 76.5 cm³/mol. The first-order valence-corrected chi connectivity index (χ1v) is 6.40. The summed E-state index contributed by atoms with van der Waals surface area (Å²) in [6.45, 7) is 2.31. The monoisotopic (exact) mass is 266 g/mol. The van der Waals surface area contributed by atoms with Crippen LogP contribution in [0, 0.1) is 6.92 Å². The van der Waals surface area contributed by atoms with E-state index in [4.69, 9.17) is 4.52 Å². The van der Waals surface area contributed by atoms with E-state index in [1.807, 2.05) is 49.4 Å². The van der Waals surface area contributed by atoms with Crippen LogP contribution >= 0.6 is 0 Å². The van der Waals surface area contributed by atoms with Crippen LogP contribution in [0.4, 0.5) is 0 Å². The van der Waals surface area contributed by atoms with Crippen LogP contribution in [-0.4, -0.2) is 9.72 Å². The van der Waals surface area contributed by atoms with E-state index in [2.05, 4.69) is 5.16 Å². The normalized spacial score (nSPS) is 10.7. The summed E-state index contributed by atoms with van der Waals surface area (Å²) in [5, 5.41) is 4.02. The molecule has 1 aromatic carbocycles. The molecule has 0 spiro atoms. The third-order valence-electron chi connectivity index (χ3n) is 3.10. The second kappa shape index (κ2) is 5.17. The topological polar surface area (TPSA) is 48.0 Å². The van der Waals surface area contributed by atoms with Crippen LogP contribution in [0.1, 0.15) is 11.3 Å². The van der Waals surface area contributed by atoms with E-state index in [1.165, 1.54) is 0 Å². The zero-order valence-corrected chi connectivity index (χ0v) is 11.1. The molecule has 0 fully saturated rings. The van der Waals surface area contributed by atoms with Crippen molar-refractivity contribution in [2.24, 2.45) is 0 Å². The Bertz CT molecular complexity index is 772. The summed E-state index contributed by atoms with van der Waals surface area (Å²) in [5.41, 5.74) is 2.63. The third kappa shape index (κ3) is 2.54. The molecule has 20 heavy (non-hydrogen) atoms. The third-order valence-corrected chi connectivity index (χ3v) is 3.10. The van der Waals surface area contributed by atoms with E-state index < -0.39 is 0 Å². The summed E-state index contributed by atoms with van der Waals surface area (Å²) in [6, 6.07) is 15.1. The number of aryl methyl sites for hydroxylation is 1. The van der Waals surface area contributed by atoms with Crippen molar-refractivity contribution in [3.05, 3.63) is 76.3 Å². The van der Waals surface area contributed by atoms with Crippen LogP contribution in [0.5, 0.6) is 0 Å². The lowest BCUT2D eigenvalue weighted by atomic mass is 10.1. The van der Waals surface area contributed by atoms with Gasteiger partial charge in [-0.15, -0.1) is 0 Å². The lowest BCUT2D eigenvalue weighted by Gasteiger charge is -2.02. The van der Waals surface area contributed by atoms with Gasteiger partial charge in [0.15, 0.2) is 5.76 Å². The van der Waals surface area contributed by atoms with Gasteiger partial charge in [0.05, 0.1) is 6.54 Å². The quantitative estimate of drug-likeness (QED) is 0.732. The molecule has 0 atom stereocenters. The molecule has 0 unspecified atom stereocenters. The largest absolute Gasteiger partial charge is 0.356 e. The van der Waals surface area contributed by atoms with Gasteiger partial charge in [0, 0.05) is 23.9 Å². The highest BCUT2D eigenvalue weighted by atomic mass is 16.5. The number of aromatic nitrogens is 2. The second-order valence-electron chi connectivity index (χ2n) is 4.72. The van der Waals surface area contributed by atoms with Gasteiger partial charge < -0.3 is 9.09 Å². The van der Waals surface area contributed by atoms with Crippen molar-refractivity contribution in [2.75, 3.05) is 0 Å². The van der Waals surface area contributed by atoms with Crippen molar-refractivity contribution in [3.8, 4) is 11.3 Å². The van der Waals surface area contributed by atoms with Gasteiger partial charge in [-0.2, -0.15) is 0 Å². The maximum Gasteiger partial charge on any atom is 0.251 e. The average molecular weight is 266 g/mol. The van der Waals surface area contributed by atoms with E-state index in [9.17, 15) is 4.79 Å². The molecule has 4 heteroatoms. The van der Waals surface area contributed by atoms with Gasteiger partial charge >= 0.3 is 0 Å². The van der Waals surface area contributed by atoms with Crippen LogP contribution in [-0.2, 0) is 6.54 Å². The van der Waals surface area contributed by atoms with Gasteiger partial charge in [-0.05, 0) is 18.6 Å². The van der Waals surface area contributed by atoms with Crippen molar-refractivity contribution in [1.82, 2.24) is 9.72 Å². The standard InChI is InChI=1S/C16H14N2O2/c1-12-7-8-18(16(19)9-12)11-14-10-15(20-17-14)13-5-3-2-4-6-13/h2-10H,11H2,1H3. The Morgan fingerprint density at radius 1 is 1.15 bits per heavy atom. The van der Waals surface area contributed by atoms with Crippen LogP contribution in [0.15, 0.2) is 64.0 Å². The molecule has 4 nitrogen and oxygen atoms in total. The van der Waals surface area contributed by atoms with Crippen molar-refractivity contribution in [1.29, 1.82) is 0 Å². The van der Waals surface area contributed by atoms with E-state index in [0.29, 0.717) is 12.3 Å². The molecule has 0 aliphatic rings. The highest BCUT2D eigenvalue weighted by molar-refractivity contribution is 5.56. The molecule has 3 rings (SSSR count). The molecule has 0 aliphatic carbocycles. The van der Waals surface area contributed by atoms with Gasteiger partial charge in [0.25, 0.3) is 5.56 Å². The Labute approximate surface area is 116 Å². The molecular formula is C16H14N2O2. The van der Waals surface area contributed by atoms with Crippen LogP contribution < -0.4 is 5.56 Å². The molecule has 0 radical (unpaired) electrons.